The zero-order valence-electron chi connectivity index (χ0n) is 17.0. The Labute approximate surface area is 196 Å². The zero-order chi connectivity index (χ0) is 23.4. The van der Waals surface area contributed by atoms with Crippen LogP contribution in [0.1, 0.15) is 12.2 Å². The van der Waals surface area contributed by atoms with Crippen molar-refractivity contribution < 1.29 is 28.8 Å². The molecule has 1 aromatic heterocycles. The van der Waals surface area contributed by atoms with Crippen LogP contribution >= 0.6 is 35.7 Å². The molecule has 1 aliphatic rings. The number of carbonyl (C=O) groups is 2. The largest absolute Gasteiger partial charge is 0.497 e. The molecule has 1 amide bonds. The van der Waals surface area contributed by atoms with Gasteiger partial charge in [-0.25, -0.2) is 4.79 Å². The monoisotopic (exact) mass is 494 g/mol. The van der Waals surface area contributed by atoms with Crippen LogP contribution in [0.4, 0.5) is 5.69 Å². The van der Waals surface area contributed by atoms with E-state index in [-0.39, 0.29) is 38.4 Å². The standard InChI is InChI=1S/C20H18N2O7S3/c1-28-11-3-5-13(15(9-11)22(26)27)16-6-4-12(29-16)10-17-18(23)21(20(30)32-17)14(19(24)25)7-8-31-2/h3-6,9-10,14H,7-8H2,1-2H3,(H,24,25). The fourth-order valence-corrected chi connectivity index (χ4v) is 4.84. The number of hydrogen-bond acceptors (Lipinski definition) is 9. The molecule has 1 saturated heterocycles. The quantitative estimate of drug-likeness (QED) is 0.234. The molecule has 1 fully saturated rings. The summed E-state index contributed by atoms with van der Waals surface area (Å²) in [6, 6.07) is 6.47. The summed E-state index contributed by atoms with van der Waals surface area (Å²) in [4.78, 5) is 36.8. The minimum Gasteiger partial charge on any atom is -0.497 e. The zero-order valence-corrected chi connectivity index (χ0v) is 19.4. The molecule has 12 heteroatoms. The van der Waals surface area contributed by atoms with Crippen molar-refractivity contribution in [3.05, 3.63) is 51.1 Å². The van der Waals surface area contributed by atoms with E-state index in [2.05, 4.69) is 0 Å². The molecular formula is C20H18N2O7S3. The number of rotatable bonds is 9. The van der Waals surface area contributed by atoms with Gasteiger partial charge in [-0.2, -0.15) is 11.8 Å². The number of carboxylic acid groups (broad SMARTS) is 1. The number of nitrogens with zero attached hydrogens (tertiary/aromatic N) is 2. The number of amides is 1. The maximum Gasteiger partial charge on any atom is 0.326 e. The summed E-state index contributed by atoms with van der Waals surface area (Å²) < 4.78 is 10.9. The highest BCUT2D eigenvalue weighted by Crippen LogP contribution is 2.37. The second kappa shape index (κ2) is 10.2. The molecule has 9 nitrogen and oxygen atoms in total. The highest BCUT2D eigenvalue weighted by atomic mass is 32.2. The number of aliphatic carboxylic acids is 1. The first-order valence-electron chi connectivity index (χ1n) is 9.18. The van der Waals surface area contributed by atoms with Gasteiger partial charge in [0.15, 0.2) is 0 Å². The molecule has 2 aromatic rings. The van der Waals surface area contributed by atoms with Gasteiger partial charge < -0.3 is 14.3 Å². The van der Waals surface area contributed by atoms with Crippen molar-refractivity contribution in [1.29, 1.82) is 0 Å². The lowest BCUT2D eigenvalue weighted by atomic mass is 10.1. The van der Waals surface area contributed by atoms with Gasteiger partial charge in [0.1, 0.15) is 27.6 Å². The first-order chi connectivity index (χ1) is 15.3. The molecule has 0 aliphatic carbocycles. The summed E-state index contributed by atoms with van der Waals surface area (Å²) in [5.41, 5.74) is 0.0701. The van der Waals surface area contributed by atoms with Crippen LogP contribution in [0.15, 0.2) is 39.7 Å². The number of furan rings is 1. The molecule has 0 bridgehead atoms. The lowest BCUT2D eigenvalue weighted by Crippen LogP contribution is -2.44. The number of nitro benzene ring substituents is 1. The van der Waals surface area contributed by atoms with Gasteiger partial charge in [0, 0.05) is 6.08 Å². The van der Waals surface area contributed by atoms with E-state index in [1.807, 2.05) is 6.26 Å². The molecule has 1 aromatic carbocycles. The van der Waals surface area contributed by atoms with E-state index in [1.54, 1.807) is 18.2 Å². The van der Waals surface area contributed by atoms with Gasteiger partial charge in [-0.15, -0.1) is 0 Å². The van der Waals surface area contributed by atoms with E-state index >= 15 is 0 Å². The number of thiocarbonyl (C=S) groups is 1. The number of methoxy groups -OCH3 is 1. The van der Waals surface area contributed by atoms with Crippen molar-refractivity contribution in [3.8, 4) is 17.1 Å². The van der Waals surface area contributed by atoms with Gasteiger partial charge in [-0.1, -0.05) is 24.0 Å². The number of nitro groups is 1. The Morgan fingerprint density at radius 3 is 2.81 bits per heavy atom. The number of thioether (sulfide) groups is 2. The third-order valence-electron chi connectivity index (χ3n) is 4.58. The molecule has 0 saturated carbocycles. The molecule has 168 valence electrons. The lowest BCUT2D eigenvalue weighted by Gasteiger charge is -2.22. The van der Waals surface area contributed by atoms with Crippen molar-refractivity contribution in [2.75, 3.05) is 19.1 Å². The van der Waals surface area contributed by atoms with E-state index in [0.29, 0.717) is 11.5 Å². The van der Waals surface area contributed by atoms with Gasteiger partial charge in [0.05, 0.1) is 28.6 Å². The molecule has 1 N–H and O–H groups in total. The minimum atomic E-state index is -1.12. The van der Waals surface area contributed by atoms with Crippen LogP contribution in [-0.2, 0) is 9.59 Å². The van der Waals surface area contributed by atoms with Crippen LogP contribution in [0, 0.1) is 10.1 Å². The molecule has 2 heterocycles. The van der Waals surface area contributed by atoms with Crippen LogP contribution in [0.3, 0.4) is 0 Å². The fourth-order valence-electron chi connectivity index (χ4n) is 3.04. The summed E-state index contributed by atoms with van der Waals surface area (Å²) in [5.74, 6) is -0.211. The second-order valence-electron chi connectivity index (χ2n) is 6.53. The second-order valence-corrected chi connectivity index (χ2v) is 9.19. The van der Waals surface area contributed by atoms with Crippen molar-refractivity contribution >= 4 is 63.7 Å². The molecule has 1 aliphatic heterocycles. The van der Waals surface area contributed by atoms with Crippen LogP contribution in [0.5, 0.6) is 5.75 Å². The summed E-state index contributed by atoms with van der Waals surface area (Å²) >= 11 is 7.72. The van der Waals surface area contributed by atoms with Gasteiger partial charge in [0.25, 0.3) is 11.6 Å². The predicted molar refractivity (Wildman–Crippen MR) is 127 cm³/mol. The van der Waals surface area contributed by atoms with Crippen LogP contribution in [0.2, 0.25) is 0 Å². The molecule has 0 radical (unpaired) electrons. The Kier molecular flexibility index (Phi) is 7.59. The lowest BCUT2D eigenvalue weighted by molar-refractivity contribution is -0.384. The third kappa shape index (κ3) is 4.97. The topological polar surface area (TPSA) is 123 Å². The highest BCUT2D eigenvalue weighted by molar-refractivity contribution is 8.26. The van der Waals surface area contributed by atoms with E-state index in [4.69, 9.17) is 21.4 Å². The average Bonchev–Trinajstić information content (AvgIpc) is 3.33. The average molecular weight is 495 g/mol. The molecule has 0 spiro atoms. The van der Waals surface area contributed by atoms with E-state index < -0.39 is 22.8 Å². The van der Waals surface area contributed by atoms with E-state index in [9.17, 15) is 24.8 Å². The van der Waals surface area contributed by atoms with Gasteiger partial charge in [0.2, 0.25) is 0 Å². The minimum absolute atomic E-state index is 0.160. The first-order valence-corrected chi connectivity index (χ1v) is 11.8. The van der Waals surface area contributed by atoms with Crippen molar-refractivity contribution in [3.63, 3.8) is 0 Å². The molecule has 32 heavy (non-hydrogen) atoms. The van der Waals surface area contributed by atoms with E-state index in [0.717, 1.165) is 16.7 Å². The first kappa shape index (κ1) is 23.8. The molecular weight excluding hydrogens is 476 g/mol. The Balaban J connectivity index is 1.89. The summed E-state index contributed by atoms with van der Waals surface area (Å²) in [6.07, 6.45) is 3.57. The van der Waals surface area contributed by atoms with Crippen LogP contribution in [-0.4, -0.2) is 56.3 Å². The van der Waals surface area contributed by atoms with E-state index in [1.165, 1.54) is 37.1 Å². The van der Waals surface area contributed by atoms with Crippen LogP contribution < -0.4 is 4.74 Å². The Hall–Kier alpha value is -2.83. The van der Waals surface area contributed by atoms with Crippen molar-refractivity contribution in [2.45, 2.75) is 12.5 Å². The Morgan fingerprint density at radius 1 is 1.44 bits per heavy atom. The normalized spacial score (nSPS) is 15.9. The number of carboxylic acids is 1. The molecule has 1 unspecified atom stereocenters. The molecule has 1 atom stereocenters. The highest BCUT2D eigenvalue weighted by Gasteiger charge is 2.40. The maximum absolute atomic E-state index is 12.9. The maximum atomic E-state index is 12.9. The number of carbonyl (C=O) groups excluding carboxylic acids is 1. The number of benzene rings is 1. The van der Waals surface area contributed by atoms with Crippen molar-refractivity contribution in [1.82, 2.24) is 4.90 Å². The SMILES string of the molecule is COc1ccc(-c2ccc(C=C3SC(=S)N(C(CCSC)C(=O)O)C3=O)o2)c([N+](=O)[O-])c1. The number of hydrogen-bond donors (Lipinski definition) is 1. The Morgan fingerprint density at radius 2 is 2.19 bits per heavy atom. The number of ether oxygens (including phenoxy) is 1. The summed E-state index contributed by atoms with van der Waals surface area (Å²) in [5, 5.41) is 21.0. The van der Waals surface area contributed by atoms with Gasteiger partial charge >= 0.3 is 5.97 Å². The van der Waals surface area contributed by atoms with Crippen LogP contribution in [0.25, 0.3) is 17.4 Å². The Bertz CT molecular complexity index is 1110. The van der Waals surface area contributed by atoms with Gasteiger partial charge in [-0.05, 0) is 42.7 Å². The van der Waals surface area contributed by atoms with Gasteiger partial charge in [-0.3, -0.25) is 19.8 Å². The fraction of sp³-hybridized carbons (Fsp3) is 0.250. The summed E-state index contributed by atoms with van der Waals surface area (Å²) in [6.45, 7) is 0. The third-order valence-corrected chi connectivity index (χ3v) is 6.56. The summed E-state index contributed by atoms with van der Waals surface area (Å²) in [7, 11) is 1.41. The van der Waals surface area contributed by atoms with Crippen molar-refractivity contribution in [2.24, 2.45) is 0 Å². The smallest absolute Gasteiger partial charge is 0.326 e. The predicted octanol–water partition coefficient (Wildman–Crippen LogP) is 4.27. The molecule has 3 rings (SSSR count).